The summed E-state index contributed by atoms with van der Waals surface area (Å²) >= 11 is 0. The molecule has 102 valence electrons. The molecule has 0 saturated heterocycles. The largest absolute Gasteiger partial charge is 0.286 e. The monoisotopic (exact) mass is 282 g/mol. The highest BCUT2D eigenvalue weighted by Gasteiger charge is 2.12. The van der Waals surface area contributed by atoms with E-state index in [1.165, 1.54) is 27.6 Å². The summed E-state index contributed by atoms with van der Waals surface area (Å²) in [6, 6.07) is 19.5. The molecule has 0 aromatic heterocycles. The summed E-state index contributed by atoms with van der Waals surface area (Å²) in [5.74, 6) is 0. The Bertz CT molecular complexity index is 1290. The van der Waals surface area contributed by atoms with Gasteiger partial charge >= 0.3 is 0 Å². The van der Waals surface area contributed by atoms with Crippen LogP contribution in [0.2, 0.25) is 0 Å². The number of hydrogen-bond donors (Lipinski definition) is 0. The van der Waals surface area contributed by atoms with Gasteiger partial charge in [0, 0.05) is 5.39 Å². The van der Waals surface area contributed by atoms with Crippen molar-refractivity contribution in [1.29, 1.82) is 0 Å². The van der Waals surface area contributed by atoms with E-state index >= 15 is 0 Å². The van der Waals surface area contributed by atoms with Gasteiger partial charge in [-0.15, -0.1) is 0 Å². The second kappa shape index (κ2) is 3.80. The van der Waals surface area contributed by atoms with E-state index in [-0.39, 0.29) is 0 Å². The Morgan fingerprint density at radius 1 is 0.545 bits per heavy atom. The topological polar surface area (TPSA) is 34.1 Å². The molecule has 0 unspecified atom stereocenters. The van der Waals surface area contributed by atoms with Gasteiger partial charge in [0.1, 0.15) is 0 Å². The van der Waals surface area contributed by atoms with Crippen LogP contribution in [0.25, 0.3) is 43.1 Å². The lowest BCUT2D eigenvalue weighted by atomic mass is 9.91. The lowest BCUT2D eigenvalue weighted by Gasteiger charge is -2.12. The SMILES string of the molecule is O=c1ccc2c(cc3ccc4cccc5ccc2c3c45)c1=O. The smallest absolute Gasteiger partial charge is 0.233 e. The lowest BCUT2D eigenvalue weighted by Crippen LogP contribution is -2.22. The van der Waals surface area contributed by atoms with Crippen molar-refractivity contribution in [2.75, 3.05) is 0 Å². The second-order valence-electron chi connectivity index (χ2n) is 5.72. The molecule has 0 aliphatic rings. The molecule has 0 amide bonds. The maximum atomic E-state index is 12.2. The molecule has 0 fully saturated rings. The standard InChI is InChI=1S/C20H10O2/c21-17-9-8-14-15-7-6-12-3-1-2-11-4-5-13(19(15)18(11)12)10-16(14)20(17)22/h1-10H. The highest BCUT2D eigenvalue weighted by atomic mass is 16.2. The number of rotatable bonds is 0. The summed E-state index contributed by atoms with van der Waals surface area (Å²) in [6.45, 7) is 0. The fourth-order valence-electron chi connectivity index (χ4n) is 3.57. The van der Waals surface area contributed by atoms with Gasteiger partial charge in [-0.1, -0.05) is 42.5 Å². The quantitative estimate of drug-likeness (QED) is 0.245. The van der Waals surface area contributed by atoms with E-state index in [4.69, 9.17) is 0 Å². The molecule has 5 rings (SSSR count). The molecule has 0 bridgehead atoms. The number of benzene rings is 5. The maximum absolute atomic E-state index is 12.2. The maximum Gasteiger partial charge on any atom is 0.233 e. The number of hydrogen-bond acceptors (Lipinski definition) is 2. The Balaban J connectivity index is 2.23. The van der Waals surface area contributed by atoms with Gasteiger partial charge in [-0.3, -0.25) is 9.59 Å². The van der Waals surface area contributed by atoms with Gasteiger partial charge in [0.15, 0.2) is 0 Å². The highest BCUT2D eigenvalue weighted by molar-refractivity contribution is 6.28. The molecule has 0 aliphatic carbocycles. The minimum atomic E-state index is -0.444. The molecule has 0 atom stereocenters. The van der Waals surface area contributed by atoms with Crippen molar-refractivity contribution in [2.45, 2.75) is 0 Å². The Kier molecular flexibility index (Phi) is 2.01. The summed E-state index contributed by atoms with van der Waals surface area (Å²) in [5.41, 5.74) is -0.858. The number of fused-ring (bicyclic) bond motifs is 2. The first-order valence-corrected chi connectivity index (χ1v) is 7.21. The van der Waals surface area contributed by atoms with Crippen molar-refractivity contribution in [3.63, 3.8) is 0 Å². The van der Waals surface area contributed by atoms with E-state index < -0.39 is 10.9 Å². The van der Waals surface area contributed by atoms with Crippen molar-refractivity contribution >= 4 is 43.1 Å². The van der Waals surface area contributed by atoms with Crippen LogP contribution in [-0.2, 0) is 0 Å². The van der Waals surface area contributed by atoms with Crippen LogP contribution in [0.5, 0.6) is 0 Å². The molecule has 22 heavy (non-hydrogen) atoms. The third-order valence-corrected chi connectivity index (χ3v) is 4.56. The molecule has 0 heterocycles. The van der Waals surface area contributed by atoms with Crippen LogP contribution >= 0.6 is 0 Å². The van der Waals surface area contributed by atoms with Crippen LogP contribution in [0.1, 0.15) is 0 Å². The molecular formula is C20H10O2. The van der Waals surface area contributed by atoms with Crippen molar-refractivity contribution < 1.29 is 0 Å². The molecule has 5 aromatic carbocycles. The van der Waals surface area contributed by atoms with E-state index in [0.29, 0.717) is 5.39 Å². The van der Waals surface area contributed by atoms with E-state index in [1.54, 1.807) is 6.07 Å². The minimum absolute atomic E-state index is 0.414. The van der Waals surface area contributed by atoms with Crippen LogP contribution in [-0.4, -0.2) is 0 Å². The first kappa shape index (κ1) is 11.6. The van der Waals surface area contributed by atoms with Gasteiger partial charge in [-0.25, -0.2) is 0 Å². The Morgan fingerprint density at radius 3 is 2.05 bits per heavy atom. The van der Waals surface area contributed by atoms with Gasteiger partial charge in [-0.2, -0.15) is 0 Å². The van der Waals surface area contributed by atoms with Gasteiger partial charge in [0.25, 0.3) is 0 Å². The minimum Gasteiger partial charge on any atom is -0.286 e. The fourth-order valence-corrected chi connectivity index (χ4v) is 3.57. The van der Waals surface area contributed by atoms with Crippen LogP contribution in [0, 0.1) is 0 Å². The van der Waals surface area contributed by atoms with Gasteiger partial charge in [0.05, 0.1) is 0 Å². The summed E-state index contributed by atoms with van der Waals surface area (Å²) in [5, 5.41) is 8.19. The van der Waals surface area contributed by atoms with Crippen molar-refractivity contribution in [3.8, 4) is 0 Å². The Morgan fingerprint density at radius 2 is 1.23 bits per heavy atom. The predicted octanol–water partition coefficient (Wildman–Crippen LogP) is 3.90. The zero-order valence-corrected chi connectivity index (χ0v) is 11.6. The van der Waals surface area contributed by atoms with Crippen molar-refractivity contribution in [2.24, 2.45) is 0 Å². The average Bonchev–Trinajstić information content (AvgIpc) is 2.56. The molecule has 5 aromatic rings. The average molecular weight is 282 g/mol. The summed E-state index contributed by atoms with van der Waals surface area (Å²) in [4.78, 5) is 23.8. The normalized spacial score (nSPS) is 12.0. The zero-order chi connectivity index (χ0) is 14.8. The zero-order valence-electron chi connectivity index (χ0n) is 11.6. The molecule has 0 N–H and O–H groups in total. The third-order valence-electron chi connectivity index (χ3n) is 4.56. The fraction of sp³-hybridized carbons (Fsp3) is 0. The predicted molar refractivity (Wildman–Crippen MR) is 91.4 cm³/mol. The lowest BCUT2D eigenvalue weighted by molar-refractivity contribution is 1.55. The second-order valence-corrected chi connectivity index (χ2v) is 5.72. The first-order chi connectivity index (χ1) is 10.7. The van der Waals surface area contributed by atoms with Gasteiger partial charge < -0.3 is 0 Å². The van der Waals surface area contributed by atoms with Crippen LogP contribution in [0.4, 0.5) is 0 Å². The van der Waals surface area contributed by atoms with Crippen molar-refractivity contribution in [3.05, 3.63) is 81.1 Å². The first-order valence-electron chi connectivity index (χ1n) is 7.21. The van der Waals surface area contributed by atoms with Crippen molar-refractivity contribution in [1.82, 2.24) is 0 Å². The van der Waals surface area contributed by atoms with E-state index in [9.17, 15) is 9.59 Å². The molecule has 0 radical (unpaired) electrons. The molecule has 2 nitrogen and oxygen atoms in total. The van der Waals surface area contributed by atoms with Gasteiger partial charge in [0.2, 0.25) is 10.9 Å². The third kappa shape index (κ3) is 1.29. The molecule has 2 heteroatoms. The van der Waals surface area contributed by atoms with Crippen LogP contribution in [0.3, 0.4) is 0 Å². The van der Waals surface area contributed by atoms with E-state index in [2.05, 4.69) is 36.4 Å². The van der Waals surface area contributed by atoms with E-state index in [1.807, 2.05) is 12.1 Å². The Hall–Kier alpha value is -3.00. The molecule has 0 saturated carbocycles. The van der Waals surface area contributed by atoms with Crippen LogP contribution < -0.4 is 10.9 Å². The summed E-state index contributed by atoms with van der Waals surface area (Å²) < 4.78 is 0. The van der Waals surface area contributed by atoms with Gasteiger partial charge in [-0.05, 0) is 55.9 Å². The van der Waals surface area contributed by atoms with E-state index in [0.717, 1.165) is 16.2 Å². The molecule has 0 aliphatic heterocycles. The highest BCUT2D eigenvalue weighted by Crippen LogP contribution is 2.37. The molecular weight excluding hydrogens is 272 g/mol. The van der Waals surface area contributed by atoms with Crippen LogP contribution in [0.15, 0.2) is 70.3 Å². The Labute approximate surface area is 124 Å². The summed E-state index contributed by atoms with van der Waals surface area (Å²) in [6.07, 6.45) is 0. The molecule has 0 spiro atoms. The summed E-state index contributed by atoms with van der Waals surface area (Å²) in [7, 11) is 0.